The van der Waals surface area contributed by atoms with E-state index in [0.717, 1.165) is 5.56 Å². The van der Waals surface area contributed by atoms with Crippen molar-refractivity contribution in [2.24, 2.45) is 5.92 Å². The lowest BCUT2D eigenvalue weighted by atomic mass is 10.1. The Morgan fingerprint density at radius 1 is 1.38 bits per heavy atom. The lowest BCUT2D eigenvalue weighted by molar-refractivity contribution is -0.145. The lowest BCUT2D eigenvalue weighted by Crippen LogP contribution is -2.25. The van der Waals surface area contributed by atoms with E-state index in [2.05, 4.69) is 9.89 Å². The molecule has 1 aromatic heterocycles. The Morgan fingerprint density at radius 2 is 2.14 bits per heavy atom. The molecule has 2 aromatic rings. The summed E-state index contributed by atoms with van der Waals surface area (Å²) >= 11 is 0. The number of rotatable bonds is 3. The summed E-state index contributed by atoms with van der Waals surface area (Å²) in [6.07, 6.45) is 0.133. The number of esters is 1. The molecule has 6 heteroatoms. The van der Waals surface area contributed by atoms with Crippen LogP contribution in [0.25, 0.3) is 11.3 Å². The summed E-state index contributed by atoms with van der Waals surface area (Å²) in [6.45, 7) is 0.259. The fraction of sp³-hybridized carbons (Fsp3) is 0.267. The van der Waals surface area contributed by atoms with Crippen molar-refractivity contribution < 1.29 is 18.8 Å². The predicted molar refractivity (Wildman–Crippen MR) is 74.4 cm³/mol. The van der Waals surface area contributed by atoms with E-state index in [0.29, 0.717) is 11.6 Å². The second kappa shape index (κ2) is 5.40. The topological polar surface area (TPSA) is 72.6 Å². The average molecular weight is 286 g/mol. The Bertz CT molecular complexity index is 665. The first-order valence-electron chi connectivity index (χ1n) is 6.59. The maximum atomic E-state index is 12.0. The number of hydrogen-bond acceptors (Lipinski definition) is 5. The summed E-state index contributed by atoms with van der Waals surface area (Å²) in [5.74, 6) is -0.646. The molecule has 1 aliphatic heterocycles. The van der Waals surface area contributed by atoms with Crippen LogP contribution in [0.1, 0.15) is 6.42 Å². The number of ether oxygens (including phenoxy) is 1. The van der Waals surface area contributed by atoms with Gasteiger partial charge in [0.15, 0.2) is 0 Å². The summed E-state index contributed by atoms with van der Waals surface area (Å²) in [5.41, 5.74) is 1.56. The fourth-order valence-electron chi connectivity index (χ4n) is 2.38. The third-order valence-corrected chi connectivity index (χ3v) is 3.49. The Labute approximate surface area is 121 Å². The van der Waals surface area contributed by atoms with Gasteiger partial charge < -0.3 is 9.26 Å². The Balaban J connectivity index is 1.81. The standard InChI is InChI=1S/C15H14N2O4/c1-20-15(19)11-7-13(18)17(9-11)14-8-12(16-21-14)10-5-3-2-4-6-10/h2-6,8,11H,7,9H2,1H3. The van der Waals surface area contributed by atoms with Crippen molar-refractivity contribution in [3.63, 3.8) is 0 Å². The number of methoxy groups -OCH3 is 1. The van der Waals surface area contributed by atoms with Gasteiger partial charge in [0, 0.05) is 24.6 Å². The zero-order valence-electron chi connectivity index (χ0n) is 11.5. The van der Waals surface area contributed by atoms with Crippen LogP contribution in [0.15, 0.2) is 40.9 Å². The number of amides is 1. The number of aromatic nitrogens is 1. The predicted octanol–water partition coefficient (Wildman–Crippen LogP) is 1.87. The molecule has 1 atom stereocenters. The maximum Gasteiger partial charge on any atom is 0.311 e. The first-order valence-corrected chi connectivity index (χ1v) is 6.59. The highest BCUT2D eigenvalue weighted by molar-refractivity contribution is 5.98. The van der Waals surface area contributed by atoms with Crippen LogP contribution < -0.4 is 4.90 Å². The minimum atomic E-state index is -0.451. The zero-order chi connectivity index (χ0) is 14.8. The Morgan fingerprint density at radius 3 is 2.86 bits per heavy atom. The van der Waals surface area contributed by atoms with Gasteiger partial charge in [-0.25, -0.2) is 0 Å². The third-order valence-electron chi connectivity index (χ3n) is 3.49. The van der Waals surface area contributed by atoms with Gasteiger partial charge in [-0.3, -0.25) is 14.5 Å². The van der Waals surface area contributed by atoms with Crippen molar-refractivity contribution in [3.8, 4) is 11.3 Å². The van der Waals surface area contributed by atoms with Crippen LogP contribution in [-0.2, 0) is 14.3 Å². The highest BCUT2D eigenvalue weighted by atomic mass is 16.5. The average Bonchev–Trinajstić information content (AvgIpc) is 3.14. The van der Waals surface area contributed by atoms with Crippen molar-refractivity contribution in [2.75, 3.05) is 18.6 Å². The molecule has 0 bridgehead atoms. The van der Waals surface area contributed by atoms with Gasteiger partial charge in [0.05, 0.1) is 13.0 Å². The van der Waals surface area contributed by atoms with Gasteiger partial charge in [0.2, 0.25) is 11.8 Å². The molecule has 0 spiro atoms. The van der Waals surface area contributed by atoms with E-state index < -0.39 is 5.92 Å². The van der Waals surface area contributed by atoms with E-state index in [1.165, 1.54) is 12.0 Å². The summed E-state index contributed by atoms with van der Waals surface area (Å²) in [6, 6.07) is 11.2. The molecule has 2 heterocycles. The maximum absolute atomic E-state index is 12.0. The van der Waals surface area contributed by atoms with Crippen LogP contribution in [0.5, 0.6) is 0 Å². The molecule has 0 aliphatic carbocycles. The second-order valence-electron chi connectivity index (χ2n) is 4.84. The highest BCUT2D eigenvalue weighted by Crippen LogP contribution is 2.29. The molecule has 0 N–H and O–H groups in total. The molecule has 1 fully saturated rings. The SMILES string of the molecule is COC(=O)C1CC(=O)N(c2cc(-c3ccccc3)no2)C1. The lowest BCUT2D eigenvalue weighted by Gasteiger charge is -2.10. The van der Waals surface area contributed by atoms with Crippen molar-refractivity contribution in [1.29, 1.82) is 0 Å². The van der Waals surface area contributed by atoms with Crippen LogP contribution >= 0.6 is 0 Å². The van der Waals surface area contributed by atoms with Crippen molar-refractivity contribution in [1.82, 2.24) is 5.16 Å². The van der Waals surface area contributed by atoms with Gasteiger partial charge in [0.25, 0.3) is 0 Å². The first-order chi connectivity index (χ1) is 10.2. The van der Waals surface area contributed by atoms with E-state index in [1.54, 1.807) is 6.07 Å². The van der Waals surface area contributed by atoms with Crippen LogP contribution in [0.4, 0.5) is 5.88 Å². The normalized spacial score (nSPS) is 18.0. The number of carbonyl (C=O) groups excluding carboxylic acids is 2. The van der Waals surface area contributed by atoms with Gasteiger partial charge in [0.1, 0.15) is 5.69 Å². The van der Waals surface area contributed by atoms with Gasteiger partial charge >= 0.3 is 5.97 Å². The highest BCUT2D eigenvalue weighted by Gasteiger charge is 2.37. The minimum Gasteiger partial charge on any atom is -0.469 e. The monoisotopic (exact) mass is 286 g/mol. The number of benzene rings is 1. The molecule has 1 aliphatic rings. The van der Waals surface area contributed by atoms with Crippen LogP contribution in [-0.4, -0.2) is 30.7 Å². The third kappa shape index (κ3) is 2.52. The first kappa shape index (κ1) is 13.4. The Kier molecular flexibility index (Phi) is 3.43. The molecule has 3 rings (SSSR count). The van der Waals surface area contributed by atoms with E-state index in [1.807, 2.05) is 30.3 Å². The van der Waals surface area contributed by atoms with Gasteiger partial charge in [-0.05, 0) is 0 Å². The molecule has 0 saturated carbocycles. The molecule has 0 radical (unpaired) electrons. The molecule has 108 valence electrons. The molecular weight excluding hydrogens is 272 g/mol. The second-order valence-corrected chi connectivity index (χ2v) is 4.84. The van der Waals surface area contributed by atoms with E-state index in [-0.39, 0.29) is 24.8 Å². The zero-order valence-corrected chi connectivity index (χ0v) is 11.5. The molecule has 1 amide bonds. The van der Waals surface area contributed by atoms with Crippen LogP contribution in [0.3, 0.4) is 0 Å². The molecule has 1 saturated heterocycles. The van der Waals surface area contributed by atoms with Crippen molar-refractivity contribution in [3.05, 3.63) is 36.4 Å². The summed E-state index contributed by atoms with van der Waals surface area (Å²) in [5, 5.41) is 3.97. The van der Waals surface area contributed by atoms with Crippen molar-refractivity contribution in [2.45, 2.75) is 6.42 Å². The Hall–Kier alpha value is -2.63. The largest absolute Gasteiger partial charge is 0.469 e. The number of hydrogen-bond donors (Lipinski definition) is 0. The fourth-order valence-corrected chi connectivity index (χ4v) is 2.38. The quantitative estimate of drug-likeness (QED) is 0.805. The number of nitrogens with zero attached hydrogens (tertiary/aromatic N) is 2. The summed E-state index contributed by atoms with van der Waals surface area (Å²) in [4.78, 5) is 24.9. The van der Waals surface area contributed by atoms with Crippen LogP contribution in [0, 0.1) is 5.92 Å². The van der Waals surface area contributed by atoms with E-state index >= 15 is 0 Å². The van der Waals surface area contributed by atoms with Crippen LogP contribution in [0.2, 0.25) is 0 Å². The molecule has 1 aromatic carbocycles. The molecule has 6 nitrogen and oxygen atoms in total. The van der Waals surface area contributed by atoms with Gasteiger partial charge in [-0.1, -0.05) is 35.5 Å². The smallest absolute Gasteiger partial charge is 0.311 e. The van der Waals surface area contributed by atoms with Crippen molar-refractivity contribution >= 4 is 17.8 Å². The summed E-state index contributed by atoms with van der Waals surface area (Å²) < 4.78 is 9.92. The number of carbonyl (C=O) groups is 2. The molecular formula is C15H14N2O4. The summed E-state index contributed by atoms with van der Waals surface area (Å²) in [7, 11) is 1.32. The van der Waals surface area contributed by atoms with Gasteiger partial charge in [-0.2, -0.15) is 0 Å². The van der Waals surface area contributed by atoms with E-state index in [4.69, 9.17) is 4.52 Å². The minimum absolute atomic E-state index is 0.133. The molecule has 1 unspecified atom stereocenters. The molecule has 21 heavy (non-hydrogen) atoms. The van der Waals surface area contributed by atoms with E-state index in [9.17, 15) is 9.59 Å². The number of anilines is 1. The van der Waals surface area contributed by atoms with Gasteiger partial charge in [-0.15, -0.1) is 0 Å².